The van der Waals surface area contributed by atoms with E-state index in [0.717, 1.165) is 51.1 Å². The lowest BCUT2D eigenvalue weighted by atomic mass is 9.61. The van der Waals surface area contributed by atoms with E-state index < -0.39 is 0 Å². The molecule has 9 nitrogen and oxygen atoms in total. The van der Waals surface area contributed by atoms with Crippen LogP contribution in [0.25, 0.3) is 0 Å². The van der Waals surface area contributed by atoms with Crippen molar-refractivity contribution in [3.8, 4) is 0 Å². The van der Waals surface area contributed by atoms with Crippen LogP contribution in [-0.2, 0) is 16.6 Å². The van der Waals surface area contributed by atoms with E-state index in [1.165, 1.54) is 4.57 Å². The second-order valence-corrected chi connectivity index (χ2v) is 9.15. The summed E-state index contributed by atoms with van der Waals surface area (Å²) in [5.41, 5.74) is 0.819. The third kappa shape index (κ3) is 4.87. The van der Waals surface area contributed by atoms with Gasteiger partial charge in [-0.1, -0.05) is 0 Å². The number of carbonyl (C=O) groups excluding carboxylic acids is 2. The van der Waals surface area contributed by atoms with Crippen molar-refractivity contribution in [3.63, 3.8) is 0 Å². The molecular weight excluding hydrogens is 412 g/mol. The fourth-order valence-corrected chi connectivity index (χ4v) is 5.11. The van der Waals surface area contributed by atoms with Crippen LogP contribution in [-0.4, -0.2) is 89.0 Å². The van der Waals surface area contributed by atoms with Crippen LogP contribution in [0.2, 0.25) is 0 Å². The molecule has 1 aromatic rings. The number of pyridine rings is 1. The van der Waals surface area contributed by atoms with E-state index in [2.05, 4.69) is 11.9 Å². The maximum absolute atomic E-state index is 13.1. The topological polar surface area (TPSA) is 103 Å². The molecule has 32 heavy (non-hydrogen) atoms. The van der Waals surface area contributed by atoms with Gasteiger partial charge >= 0.3 is 0 Å². The zero-order valence-electron chi connectivity index (χ0n) is 19.2. The third-order valence-electron chi connectivity index (χ3n) is 7.30. The predicted octanol–water partition coefficient (Wildman–Crippen LogP) is 0.657. The average Bonchev–Trinajstić information content (AvgIpc) is 2.97. The van der Waals surface area contributed by atoms with Gasteiger partial charge in [0, 0.05) is 51.4 Å². The minimum Gasteiger partial charge on any atom is -0.483 e. The highest BCUT2D eigenvalue weighted by Crippen LogP contribution is 2.46. The third-order valence-corrected chi connectivity index (χ3v) is 7.30. The largest absolute Gasteiger partial charge is 0.483 e. The number of rotatable bonds is 2. The normalized spacial score (nSPS) is 25.5. The summed E-state index contributed by atoms with van der Waals surface area (Å²) < 4.78 is 1.52. The Bertz CT molecular complexity index is 914. The van der Waals surface area contributed by atoms with Gasteiger partial charge in [0.05, 0.1) is 0 Å². The van der Waals surface area contributed by atoms with Crippen LogP contribution in [0.15, 0.2) is 16.9 Å². The van der Waals surface area contributed by atoms with Crippen LogP contribution in [0.1, 0.15) is 35.3 Å². The summed E-state index contributed by atoms with van der Waals surface area (Å²) in [6, 6.07) is 3.46. The first-order valence-corrected chi connectivity index (χ1v) is 11.3. The molecule has 2 amide bonds. The first-order valence-electron chi connectivity index (χ1n) is 11.3. The lowest BCUT2D eigenvalue weighted by Crippen LogP contribution is -2.57. The van der Waals surface area contributed by atoms with Gasteiger partial charge in [-0.2, -0.15) is 0 Å². The first kappa shape index (κ1) is 24.0. The lowest BCUT2D eigenvalue weighted by Gasteiger charge is -2.51. The molecule has 0 spiro atoms. The minimum absolute atomic E-state index is 0.0276. The van der Waals surface area contributed by atoms with Crippen molar-refractivity contribution in [2.24, 2.45) is 24.8 Å². The smallest absolute Gasteiger partial charge is 0.290 e. The Kier molecular flexibility index (Phi) is 7.71. The number of amides is 2. The van der Waals surface area contributed by atoms with E-state index in [1.807, 2.05) is 17.9 Å². The lowest BCUT2D eigenvalue weighted by molar-refractivity contribution is -0.147. The Balaban J connectivity index is 0.000000913. The number of fused-ring (bicyclic) bond motifs is 1. The summed E-state index contributed by atoms with van der Waals surface area (Å²) in [6.45, 7) is 6.45. The number of aryl methyl sites for hydroxylation is 1. The molecule has 0 bridgehead atoms. The highest BCUT2D eigenvalue weighted by atomic mass is 16.3. The molecular formula is C23H34N4O5. The minimum atomic E-state index is -0.250. The molecule has 0 unspecified atom stereocenters. The molecule has 176 valence electrons. The van der Waals surface area contributed by atoms with Crippen LogP contribution in [0, 0.1) is 24.7 Å². The Morgan fingerprint density at radius 3 is 2.50 bits per heavy atom. The second kappa shape index (κ2) is 10.3. The van der Waals surface area contributed by atoms with E-state index in [0.29, 0.717) is 19.0 Å². The number of likely N-dealkylation sites (tertiary alicyclic amines) is 1. The zero-order chi connectivity index (χ0) is 23.4. The van der Waals surface area contributed by atoms with Gasteiger partial charge in [0.15, 0.2) is 0 Å². The maximum atomic E-state index is 13.1. The van der Waals surface area contributed by atoms with Crippen molar-refractivity contribution in [3.05, 3.63) is 33.7 Å². The molecule has 4 rings (SSSR count). The number of hydrogen-bond acceptors (Lipinski definition) is 5. The quantitative estimate of drug-likeness (QED) is 0.670. The number of aromatic nitrogens is 1. The van der Waals surface area contributed by atoms with Gasteiger partial charge < -0.3 is 24.4 Å². The number of carbonyl (C=O) groups is 3. The standard InChI is InChI=1S/C22H32N4O3.CH2O2/c1-15-5-6-17(20(27)24(15)3)21(28)26-10-7-16-13-18(19(16)14-26)22(29)25-9-4-8-23(2)11-12-25;2-1-3/h5-6,16,18-19H,4,7-14H2,1-3H3;1H,(H,2,3)/t16-,18-,19-;/m1./s1. The summed E-state index contributed by atoms with van der Waals surface area (Å²) in [6.07, 6.45) is 2.89. The van der Waals surface area contributed by atoms with Crippen LogP contribution >= 0.6 is 0 Å². The molecule has 1 N–H and O–H groups in total. The Labute approximate surface area is 188 Å². The fraction of sp³-hybridized carbons (Fsp3) is 0.652. The van der Waals surface area contributed by atoms with Crippen molar-refractivity contribution >= 4 is 18.3 Å². The van der Waals surface area contributed by atoms with E-state index in [1.54, 1.807) is 18.0 Å². The number of hydrogen-bond donors (Lipinski definition) is 1. The summed E-state index contributed by atoms with van der Waals surface area (Å²) in [7, 11) is 3.80. The number of carboxylic acid groups (broad SMARTS) is 1. The van der Waals surface area contributed by atoms with Gasteiger partial charge in [-0.05, 0) is 63.7 Å². The van der Waals surface area contributed by atoms with Crippen molar-refractivity contribution in [2.75, 3.05) is 46.3 Å². The summed E-state index contributed by atoms with van der Waals surface area (Å²) in [4.78, 5) is 53.1. The van der Waals surface area contributed by atoms with Gasteiger partial charge in [-0.3, -0.25) is 19.2 Å². The van der Waals surface area contributed by atoms with Crippen molar-refractivity contribution in [1.29, 1.82) is 0 Å². The number of piperidine rings is 1. The maximum Gasteiger partial charge on any atom is 0.290 e. The molecule has 0 radical (unpaired) electrons. The molecule has 3 aliphatic rings. The highest BCUT2D eigenvalue weighted by molar-refractivity contribution is 5.94. The highest BCUT2D eigenvalue weighted by Gasteiger charge is 2.49. The molecule has 3 fully saturated rings. The molecule has 2 aliphatic heterocycles. The van der Waals surface area contributed by atoms with E-state index >= 15 is 0 Å². The van der Waals surface area contributed by atoms with Gasteiger partial charge in [-0.25, -0.2) is 0 Å². The van der Waals surface area contributed by atoms with E-state index in [4.69, 9.17) is 9.90 Å². The number of nitrogens with zero attached hydrogens (tertiary/aromatic N) is 4. The molecule has 9 heteroatoms. The molecule has 2 saturated heterocycles. The van der Waals surface area contributed by atoms with E-state index in [9.17, 15) is 14.4 Å². The van der Waals surface area contributed by atoms with Gasteiger partial charge in [0.1, 0.15) is 5.56 Å². The van der Waals surface area contributed by atoms with Gasteiger partial charge in [0.25, 0.3) is 17.9 Å². The summed E-state index contributed by atoms with van der Waals surface area (Å²) in [5, 5.41) is 6.89. The van der Waals surface area contributed by atoms with Crippen molar-refractivity contribution < 1.29 is 19.5 Å². The summed E-state index contributed by atoms with van der Waals surface area (Å²) >= 11 is 0. The van der Waals surface area contributed by atoms with E-state index in [-0.39, 0.29) is 41.2 Å². The van der Waals surface area contributed by atoms with Gasteiger partial charge in [0.2, 0.25) is 5.91 Å². The predicted molar refractivity (Wildman–Crippen MR) is 119 cm³/mol. The average molecular weight is 447 g/mol. The SMILES string of the molecule is Cc1ccc(C(=O)N2CC[C@@H]3C[C@@H](C(=O)N4CCCN(C)CC4)[C@@H]3C2)c(=O)n1C.O=CO. The molecule has 1 saturated carbocycles. The first-order chi connectivity index (χ1) is 15.3. The van der Waals surface area contributed by atoms with Crippen LogP contribution in [0.4, 0.5) is 0 Å². The van der Waals surface area contributed by atoms with Crippen LogP contribution in [0.5, 0.6) is 0 Å². The fourth-order valence-electron chi connectivity index (χ4n) is 5.11. The van der Waals surface area contributed by atoms with Crippen molar-refractivity contribution in [2.45, 2.75) is 26.2 Å². The molecule has 3 atom stereocenters. The van der Waals surface area contributed by atoms with Crippen molar-refractivity contribution in [1.82, 2.24) is 19.3 Å². The second-order valence-electron chi connectivity index (χ2n) is 9.15. The number of likely N-dealkylation sites (N-methyl/N-ethyl adjacent to an activating group) is 1. The Hall–Kier alpha value is -2.68. The monoisotopic (exact) mass is 446 g/mol. The Morgan fingerprint density at radius 2 is 1.78 bits per heavy atom. The zero-order valence-corrected chi connectivity index (χ0v) is 19.2. The Morgan fingerprint density at radius 1 is 1.06 bits per heavy atom. The molecule has 1 aliphatic carbocycles. The van der Waals surface area contributed by atoms with Crippen LogP contribution < -0.4 is 5.56 Å². The molecule has 3 heterocycles. The molecule has 0 aromatic carbocycles. The summed E-state index contributed by atoms with van der Waals surface area (Å²) in [5.74, 6) is 0.861. The van der Waals surface area contributed by atoms with Crippen LogP contribution in [0.3, 0.4) is 0 Å². The molecule has 1 aromatic heterocycles. The van der Waals surface area contributed by atoms with Gasteiger partial charge in [-0.15, -0.1) is 0 Å².